The topological polar surface area (TPSA) is 183 Å². The van der Waals surface area contributed by atoms with Crippen LogP contribution < -0.4 is 0 Å². The summed E-state index contributed by atoms with van der Waals surface area (Å²) in [6.45, 7) is 14.5. The first-order valence-electron chi connectivity index (χ1n) is 21.7. The molecule has 0 aromatic carbocycles. The normalized spacial score (nSPS) is 44.6. The van der Waals surface area contributed by atoms with E-state index >= 15 is 0 Å². The number of rotatable bonds is 10. The van der Waals surface area contributed by atoms with Crippen molar-refractivity contribution in [2.45, 2.75) is 209 Å². The molecule has 6 saturated heterocycles. The first kappa shape index (κ1) is 46.7. The van der Waals surface area contributed by atoms with E-state index in [1.54, 1.807) is 6.08 Å². The summed E-state index contributed by atoms with van der Waals surface area (Å²) in [6.07, 6.45) is 9.37. The third-order valence-corrected chi connectivity index (χ3v) is 14.0. The predicted octanol–water partition coefficient (Wildman–Crippen LogP) is 4.83. The van der Waals surface area contributed by atoms with Crippen molar-refractivity contribution in [3.8, 4) is 0 Å². The molecule has 13 nitrogen and oxygen atoms in total. The molecule has 323 valence electrons. The second-order valence-electron chi connectivity index (χ2n) is 18.9. The molecule has 58 heavy (non-hydrogen) atoms. The van der Waals surface area contributed by atoms with Crippen molar-refractivity contribution in [1.29, 1.82) is 0 Å². The number of hydrogen-bond donors (Lipinski definition) is 5. The average Bonchev–Trinajstić information content (AvgIpc) is 3.56. The summed E-state index contributed by atoms with van der Waals surface area (Å²) in [6, 6.07) is 0. The molecule has 0 unspecified atom stereocenters. The van der Waals surface area contributed by atoms with Crippen molar-refractivity contribution < 1.29 is 63.5 Å². The quantitative estimate of drug-likeness (QED) is 0.149. The van der Waals surface area contributed by atoms with Gasteiger partial charge in [-0.1, -0.05) is 45.1 Å². The van der Waals surface area contributed by atoms with Gasteiger partial charge < -0.3 is 58.7 Å². The van der Waals surface area contributed by atoms with Gasteiger partial charge in [0.15, 0.2) is 17.2 Å². The van der Waals surface area contributed by atoms with Crippen molar-refractivity contribution in [2.24, 2.45) is 17.8 Å². The fourth-order valence-electron chi connectivity index (χ4n) is 10.5. The number of aliphatic carboxylic acids is 1. The Bertz CT molecular complexity index is 1510. The summed E-state index contributed by atoms with van der Waals surface area (Å²) in [4.78, 5) is 11.6. The second-order valence-corrected chi connectivity index (χ2v) is 18.9. The molecule has 0 aromatic heterocycles. The molecule has 3 spiro atoms. The number of ether oxygens (including phenoxy) is 7. The van der Waals surface area contributed by atoms with Crippen LogP contribution in [0, 0.1) is 17.8 Å². The fraction of sp³-hybridized carbons (Fsp3) is 0.841. The second kappa shape index (κ2) is 18.5. The molecule has 1 radical (unpaired) electrons. The van der Waals surface area contributed by atoms with Gasteiger partial charge in [-0.3, -0.25) is 0 Å². The van der Waals surface area contributed by atoms with Crippen LogP contribution in [0.3, 0.4) is 0 Å². The van der Waals surface area contributed by atoms with Gasteiger partial charge in [-0.25, -0.2) is 4.79 Å². The molecule has 0 saturated carbocycles. The Morgan fingerprint density at radius 1 is 1.00 bits per heavy atom. The minimum Gasteiger partial charge on any atom is -0.479 e. The van der Waals surface area contributed by atoms with E-state index in [4.69, 9.17) is 33.2 Å². The van der Waals surface area contributed by atoms with E-state index in [9.17, 15) is 30.3 Å². The summed E-state index contributed by atoms with van der Waals surface area (Å²) >= 11 is 0. The van der Waals surface area contributed by atoms with Crippen LogP contribution in [0.2, 0.25) is 0 Å². The first-order valence-corrected chi connectivity index (χ1v) is 21.7. The maximum atomic E-state index is 11.6. The largest absolute Gasteiger partial charge is 0.479 e. The Hall–Kier alpha value is -0.750. The van der Waals surface area contributed by atoms with Crippen LogP contribution in [-0.2, 0) is 38.0 Å². The Morgan fingerprint density at radius 3 is 2.47 bits per heavy atom. The SMILES string of the molecule is C=C1[C@@H](O)[C@@H]2O[C@]3(CC[C@H](/C=C/[C@@H](C)[C@@H]4CC(C)=C[C@@]5(O[C@H](C[C@@](C)(O)C(=O)O)CC[C@H]5O)O4)O3)CC[C@H]2O[C@@H]1[C@@H](O)C[C@H](C)[C@H]1O[C@@]2(CCCCO2)CC[C@H]1C.[Na]. The maximum absolute atomic E-state index is 11.6. The molecule has 0 aliphatic carbocycles. The molecule has 7 rings (SSSR count). The molecular formula is C44H68NaO13. The molecule has 0 bridgehead atoms. The Morgan fingerprint density at radius 2 is 1.74 bits per heavy atom. The van der Waals surface area contributed by atoms with E-state index in [1.165, 1.54) is 6.92 Å². The summed E-state index contributed by atoms with van der Waals surface area (Å²) in [5.41, 5.74) is -0.551. The summed E-state index contributed by atoms with van der Waals surface area (Å²) in [5.74, 6) is -3.82. The Balaban J connectivity index is 0.00000567. The number of aliphatic hydroxyl groups excluding tert-OH is 3. The number of fused-ring (bicyclic) bond motifs is 1. The van der Waals surface area contributed by atoms with Gasteiger partial charge in [0.25, 0.3) is 0 Å². The van der Waals surface area contributed by atoms with Gasteiger partial charge in [0.1, 0.15) is 24.4 Å². The van der Waals surface area contributed by atoms with E-state index in [0.717, 1.165) is 50.7 Å². The van der Waals surface area contributed by atoms with Crippen molar-refractivity contribution in [1.82, 2.24) is 0 Å². The van der Waals surface area contributed by atoms with Gasteiger partial charge in [-0.05, 0) is 95.1 Å². The zero-order valence-electron chi connectivity index (χ0n) is 35.6. The summed E-state index contributed by atoms with van der Waals surface area (Å²) < 4.78 is 45.2. The Labute approximate surface area is 366 Å². The van der Waals surface area contributed by atoms with Crippen molar-refractivity contribution in [2.75, 3.05) is 6.61 Å². The van der Waals surface area contributed by atoms with Gasteiger partial charge in [0.2, 0.25) is 5.79 Å². The van der Waals surface area contributed by atoms with Gasteiger partial charge in [0.05, 0.1) is 43.2 Å². The Kier molecular flexibility index (Phi) is 14.9. The van der Waals surface area contributed by atoms with Gasteiger partial charge in [-0.2, -0.15) is 0 Å². The van der Waals surface area contributed by atoms with Crippen LogP contribution in [-0.4, -0.2) is 152 Å². The van der Waals surface area contributed by atoms with E-state index in [2.05, 4.69) is 26.5 Å². The van der Waals surface area contributed by atoms with Crippen molar-refractivity contribution in [3.63, 3.8) is 0 Å². The van der Waals surface area contributed by atoms with Crippen LogP contribution in [0.25, 0.3) is 0 Å². The summed E-state index contributed by atoms with van der Waals surface area (Å²) in [7, 11) is 0. The first-order chi connectivity index (χ1) is 26.9. The van der Waals surface area contributed by atoms with E-state index in [1.807, 2.05) is 19.9 Å². The van der Waals surface area contributed by atoms with Crippen LogP contribution in [0.5, 0.6) is 0 Å². The molecule has 0 amide bonds. The number of carboxylic acid groups (broad SMARTS) is 1. The molecule has 5 N–H and O–H groups in total. The fourth-order valence-corrected chi connectivity index (χ4v) is 10.5. The molecule has 14 heteroatoms. The summed E-state index contributed by atoms with van der Waals surface area (Å²) in [5, 5.41) is 54.0. The smallest absolute Gasteiger partial charge is 0.335 e. The van der Waals surface area contributed by atoms with Gasteiger partial charge >= 0.3 is 5.97 Å². The number of carboxylic acids is 1. The minimum atomic E-state index is -1.96. The molecule has 6 fully saturated rings. The van der Waals surface area contributed by atoms with Crippen LogP contribution in [0.1, 0.15) is 125 Å². The van der Waals surface area contributed by atoms with E-state index in [-0.39, 0.29) is 66.1 Å². The monoisotopic (exact) mass is 827 g/mol. The van der Waals surface area contributed by atoms with Crippen molar-refractivity contribution >= 4 is 35.5 Å². The standard InChI is InChI=1S/C44H68O13.Na/c1-25-21-34(55-44(23-25)35(46)12-11-31(54-44)24-41(6,50)40(48)49)26(2)9-10-30-14-18-43(53-30)19-15-33-39(57-43)36(47)29(5)38(52-33)32(45)22-28(4)37-27(3)13-17-42(56-37)16-7-8-20-51-42;/h9-10,23,26-28,30-39,45-47,50H,5,7-8,11-22,24H2,1-4,6H3,(H,48,49);/b10-9+;/t26-,27-,28+,30+,31+,32+,33-,34+,35-,36-,37+,38+,39-,41-,42+,43-,44-;/m1./s1. The molecule has 7 aliphatic heterocycles. The number of aliphatic hydroxyl groups is 4. The van der Waals surface area contributed by atoms with Crippen LogP contribution in [0.4, 0.5) is 0 Å². The third kappa shape index (κ3) is 9.89. The maximum Gasteiger partial charge on any atom is 0.335 e. The van der Waals surface area contributed by atoms with Crippen LogP contribution in [0.15, 0.2) is 36.0 Å². The minimum absolute atomic E-state index is 0. The van der Waals surface area contributed by atoms with E-state index in [0.29, 0.717) is 56.4 Å². The molecule has 17 atom stereocenters. The number of hydrogen-bond acceptors (Lipinski definition) is 12. The molecule has 7 heterocycles. The third-order valence-electron chi connectivity index (χ3n) is 14.0. The predicted molar refractivity (Wildman–Crippen MR) is 213 cm³/mol. The van der Waals surface area contributed by atoms with Crippen molar-refractivity contribution in [3.05, 3.63) is 36.0 Å². The van der Waals surface area contributed by atoms with Gasteiger partial charge in [-0.15, -0.1) is 0 Å². The van der Waals surface area contributed by atoms with Gasteiger partial charge in [0, 0.05) is 67.6 Å². The van der Waals surface area contributed by atoms with E-state index < -0.39 is 71.7 Å². The zero-order chi connectivity index (χ0) is 40.9. The zero-order valence-corrected chi connectivity index (χ0v) is 37.6. The molecule has 7 aliphatic rings. The number of carbonyl (C=O) groups is 1. The molecular weight excluding hydrogens is 759 g/mol. The average molecular weight is 828 g/mol. The van der Waals surface area contributed by atoms with Crippen LogP contribution >= 0.6 is 0 Å². The molecule has 0 aromatic rings.